The van der Waals surface area contributed by atoms with Crippen LogP contribution in [0.15, 0.2) is 23.2 Å². The summed E-state index contributed by atoms with van der Waals surface area (Å²) in [6, 6.07) is 2.77. The molecule has 0 radical (unpaired) electrons. The van der Waals surface area contributed by atoms with Gasteiger partial charge >= 0.3 is 6.18 Å². The van der Waals surface area contributed by atoms with Gasteiger partial charge in [0.1, 0.15) is 11.8 Å². The number of nitrogens with zero attached hydrogens (tertiary/aromatic N) is 1. The number of hydrogen-bond acceptors (Lipinski definition) is 2. The van der Waals surface area contributed by atoms with Gasteiger partial charge in [0.15, 0.2) is 0 Å². The molecule has 7 heteroatoms. The molecule has 1 aromatic rings. The fraction of sp³-hybridized carbons (Fsp3) is 0.273. The van der Waals surface area contributed by atoms with Crippen molar-refractivity contribution in [2.24, 2.45) is 4.99 Å². The maximum atomic E-state index is 12.9. The third-order valence-corrected chi connectivity index (χ3v) is 2.70. The van der Waals surface area contributed by atoms with Crippen molar-refractivity contribution in [2.75, 3.05) is 5.32 Å². The predicted molar refractivity (Wildman–Crippen MR) is 62.1 cm³/mol. The number of amides is 1. The van der Waals surface area contributed by atoms with Gasteiger partial charge in [0, 0.05) is 10.6 Å². The van der Waals surface area contributed by atoms with Gasteiger partial charge in [-0.25, -0.2) is 0 Å². The molecule has 18 heavy (non-hydrogen) atoms. The van der Waals surface area contributed by atoms with Crippen molar-refractivity contribution in [3.05, 3.63) is 28.8 Å². The summed E-state index contributed by atoms with van der Waals surface area (Å²) < 4.78 is 38.8. The molecule has 0 unspecified atom stereocenters. The lowest BCUT2D eigenvalue weighted by Crippen LogP contribution is -2.26. The molecule has 1 aliphatic rings. The number of anilines is 1. The first-order valence-corrected chi connectivity index (χ1v) is 5.42. The first-order valence-electron chi connectivity index (χ1n) is 5.05. The van der Waals surface area contributed by atoms with Crippen molar-refractivity contribution in [3.8, 4) is 0 Å². The van der Waals surface area contributed by atoms with Crippen LogP contribution < -0.4 is 5.32 Å². The van der Waals surface area contributed by atoms with Crippen LogP contribution in [0.1, 0.15) is 12.5 Å². The quantitative estimate of drug-likeness (QED) is 0.777. The molecule has 0 fully saturated rings. The van der Waals surface area contributed by atoms with Crippen molar-refractivity contribution in [1.82, 2.24) is 0 Å². The van der Waals surface area contributed by atoms with Gasteiger partial charge in [-0.15, -0.1) is 0 Å². The van der Waals surface area contributed by atoms with Crippen LogP contribution in [0.25, 0.3) is 0 Å². The van der Waals surface area contributed by atoms with Gasteiger partial charge in [0.05, 0.1) is 5.69 Å². The number of carbonyl (C=O) groups is 1. The summed E-state index contributed by atoms with van der Waals surface area (Å²) in [5, 5.41) is 2.54. The molecule has 1 aliphatic heterocycles. The molecule has 0 bridgehead atoms. The second-order valence-corrected chi connectivity index (χ2v) is 4.27. The standard InChI is InChI=1S/C11H8ClF3N2O/c1-5-10(18)17-8-3-2-6(12)4-7(8)9(16-5)11(13,14)15/h2-5H,1H3,(H,17,18)/t5-/m1/s1. The molecule has 0 saturated heterocycles. The molecule has 1 amide bonds. The number of alkyl halides is 3. The van der Waals surface area contributed by atoms with Crippen molar-refractivity contribution in [1.29, 1.82) is 0 Å². The lowest BCUT2D eigenvalue weighted by atomic mass is 10.1. The van der Waals surface area contributed by atoms with Gasteiger partial charge in [-0.3, -0.25) is 9.79 Å². The molecule has 3 nitrogen and oxygen atoms in total. The first-order chi connectivity index (χ1) is 8.29. The van der Waals surface area contributed by atoms with E-state index in [1.54, 1.807) is 0 Å². The van der Waals surface area contributed by atoms with Crippen LogP contribution in [-0.4, -0.2) is 23.8 Å². The summed E-state index contributed by atoms with van der Waals surface area (Å²) in [7, 11) is 0. The summed E-state index contributed by atoms with van der Waals surface area (Å²) in [6.07, 6.45) is -4.64. The Hall–Kier alpha value is -1.56. The largest absolute Gasteiger partial charge is 0.433 e. The number of benzodiazepines with no additional fused rings is 1. The predicted octanol–water partition coefficient (Wildman–Crippen LogP) is 3.03. The van der Waals surface area contributed by atoms with Crippen LogP contribution >= 0.6 is 11.6 Å². The average Bonchev–Trinajstić information content (AvgIpc) is 2.37. The molecule has 2 rings (SSSR count). The zero-order valence-electron chi connectivity index (χ0n) is 9.18. The molecule has 1 aromatic carbocycles. The molecule has 0 aromatic heterocycles. The lowest BCUT2D eigenvalue weighted by molar-refractivity contribution is -0.116. The highest BCUT2D eigenvalue weighted by Crippen LogP contribution is 2.31. The monoisotopic (exact) mass is 276 g/mol. The van der Waals surface area contributed by atoms with Crippen LogP contribution in [0.4, 0.5) is 18.9 Å². The highest BCUT2D eigenvalue weighted by Gasteiger charge is 2.40. The molecular formula is C11H8ClF3N2O. The summed E-state index contributed by atoms with van der Waals surface area (Å²) in [5.74, 6) is -0.585. The Labute approximate surface area is 106 Å². The smallest absolute Gasteiger partial charge is 0.324 e. The number of aliphatic imine (C=N–C) groups is 1. The van der Waals surface area contributed by atoms with E-state index in [-0.39, 0.29) is 16.3 Å². The molecule has 0 spiro atoms. The number of rotatable bonds is 0. The maximum Gasteiger partial charge on any atom is 0.433 e. The summed E-state index contributed by atoms with van der Waals surface area (Å²) in [4.78, 5) is 14.9. The molecule has 1 N–H and O–H groups in total. The second-order valence-electron chi connectivity index (χ2n) is 3.83. The fourth-order valence-electron chi connectivity index (χ4n) is 1.61. The molecule has 0 aliphatic carbocycles. The van der Waals surface area contributed by atoms with Crippen LogP contribution in [0.5, 0.6) is 0 Å². The Kier molecular flexibility index (Phi) is 3.06. The van der Waals surface area contributed by atoms with E-state index in [2.05, 4.69) is 10.3 Å². The van der Waals surface area contributed by atoms with Gasteiger partial charge in [0.2, 0.25) is 5.91 Å². The topological polar surface area (TPSA) is 41.5 Å². The highest BCUT2D eigenvalue weighted by atomic mass is 35.5. The Balaban J connectivity index is 2.67. The van der Waals surface area contributed by atoms with Crippen LogP contribution in [-0.2, 0) is 4.79 Å². The number of fused-ring (bicyclic) bond motifs is 1. The van der Waals surface area contributed by atoms with E-state index >= 15 is 0 Å². The van der Waals surface area contributed by atoms with E-state index in [1.165, 1.54) is 19.1 Å². The average molecular weight is 277 g/mol. The Morgan fingerprint density at radius 1 is 1.39 bits per heavy atom. The number of halogens is 4. The van der Waals surface area contributed by atoms with E-state index in [0.717, 1.165) is 6.07 Å². The van der Waals surface area contributed by atoms with Crippen LogP contribution in [0.3, 0.4) is 0 Å². The van der Waals surface area contributed by atoms with Crippen molar-refractivity contribution in [2.45, 2.75) is 19.1 Å². The third kappa shape index (κ3) is 2.33. The normalized spacial score (nSPS) is 19.7. The zero-order chi connectivity index (χ0) is 13.5. The fourth-order valence-corrected chi connectivity index (χ4v) is 1.78. The summed E-state index contributed by atoms with van der Waals surface area (Å²) >= 11 is 5.68. The van der Waals surface area contributed by atoms with Crippen LogP contribution in [0, 0.1) is 0 Å². The van der Waals surface area contributed by atoms with Crippen LogP contribution in [0.2, 0.25) is 5.02 Å². The zero-order valence-corrected chi connectivity index (χ0v) is 9.93. The minimum Gasteiger partial charge on any atom is -0.324 e. The second kappa shape index (κ2) is 4.28. The molecule has 96 valence electrons. The van der Waals surface area contributed by atoms with E-state index < -0.39 is 23.8 Å². The van der Waals surface area contributed by atoms with Gasteiger partial charge in [0.25, 0.3) is 0 Å². The minimum absolute atomic E-state index is 0.0600. The number of carbonyl (C=O) groups excluding carboxylic acids is 1. The van der Waals surface area contributed by atoms with E-state index in [0.29, 0.717) is 0 Å². The summed E-state index contributed by atoms with van der Waals surface area (Å²) in [5.41, 5.74) is -1.25. The van der Waals surface area contributed by atoms with E-state index in [1.807, 2.05) is 0 Å². The van der Waals surface area contributed by atoms with Crippen molar-refractivity contribution < 1.29 is 18.0 Å². The van der Waals surface area contributed by atoms with E-state index in [4.69, 9.17) is 11.6 Å². The number of hydrogen-bond donors (Lipinski definition) is 1. The van der Waals surface area contributed by atoms with Gasteiger partial charge in [-0.05, 0) is 25.1 Å². The Bertz CT molecular complexity index is 540. The minimum atomic E-state index is -4.64. The van der Waals surface area contributed by atoms with Gasteiger partial charge in [-0.1, -0.05) is 11.6 Å². The molecule has 0 saturated carbocycles. The maximum absolute atomic E-state index is 12.9. The highest BCUT2D eigenvalue weighted by molar-refractivity contribution is 6.31. The van der Waals surface area contributed by atoms with E-state index in [9.17, 15) is 18.0 Å². The SMILES string of the molecule is C[C@H]1N=C(C(F)(F)F)c2cc(Cl)ccc2NC1=O. The Morgan fingerprint density at radius 2 is 2.06 bits per heavy atom. The van der Waals surface area contributed by atoms with Crippen molar-refractivity contribution in [3.63, 3.8) is 0 Å². The lowest BCUT2D eigenvalue weighted by Gasteiger charge is -2.12. The first kappa shape index (κ1) is 12.9. The number of nitrogens with one attached hydrogen (secondary N) is 1. The molecular weight excluding hydrogens is 269 g/mol. The summed E-state index contributed by atoms with van der Waals surface area (Å²) in [6.45, 7) is 1.30. The third-order valence-electron chi connectivity index (χ3n) is 2.47. The number of benzene rings is 1. The molecule has 1 heterocycles. The van der Waals surface area contributed by atoms with Crippen molar-refractivity contribution >= 4 is 28.9 Å². The van der Waals surface area contributed by atoms with Gasteiger partial charge in [-0.2, -0.15) is 13.2 Å². The Morgan fingerprint density at radius 3 is 2.67 bits per heavy atom. The van der Waals surface area contributed by atoms with Gasteiger partial charge < -0.3 is 5.32 Å². The molecule has 1 atom stereocenters.